The van der Waals surface area contributed by atoms with Gasteiger partial charge in [0.25, 0.3) is 0 Å². The Bertz CT molecular complexity index is 911. The lowest BCUT2D eigenvalue weighted by Crippen LogP contribution is -2.32. The van der Waals surface area contributed by atoms with E-state index in [0.29, 0.717) is 0 Å². The maximum atomic E-state index is 4.81. The van der Waals surface area contributed by atoms with Gasteiger partial charge in [-0.25, -0.2) is 9.97 Å². The van der Waals surface area contributed by atoms with Crippen LogP contribution in [0.25, 0.3) is 10.9 Å². The second kappa shape index (κ2) is 6.19. The average Bonchev–Trinajstić information content (AvgIpc) is 2.60. The molecule has 0 saturated heterocycles. The van der Waals surface area contributed by atoms with Gasteiger partial charge < -0.3 is 0 Å². The zero-order valence-corrected chi connectivity index (χ0v) is 15.2. The zero-order valence-electron chi connectivity index (χ0n) is 15.2. The highest BCUT2D eigenvalue weighted by atomic mass is 15.1. The number of aromatic nitrogens is 3. The Morgan fingerprint density at radius 1 is 1.04 bits per heavy atom. The summed E-state index contributed by atoms with van der Waals surface area (Å²) in [6.45, 7) is 9.27. The summed E-state index contributed by atoms with van der Waals surface area (Å²) in [6.07, 6.45) is 3.00. The number of hydrogen-bond acceptors (Lipinski definition) is 4. The molecule has 4 rings (SSSR count). The Labute approximate surface area is 149 Å². The van der Waals surface area contributed by atoms with E-state index in [1.54, 1.807) is 0 Å². The SMILES string of the molecule is CC(C)(C)c1ncc2c(n1)CCN(Cc1ccc3ccccc3n1)C2. The van der Waals surface area contributed by atoms with Gasteiger partial charge in [-0.2, -0.15) is 0 Å². The van der Waals surface area contributed by atoms with Gasteiger partial charge in [0.15, 0.2) is 0 Å². The lowest BCUT2D eigenvalue weighted by molar-refractivity contribution is 0.239. The molecule has 1 aromatic carbocycles. The van der Waals surface area contributed by atoms with Crippen molar-refractivity contribution in [3.8, 4) is 0 Å². The second-order valence-corrected chi connectivity index (χ2v) is 7.87. The van der Waals surface area contributed by atoms with E-state index in [1.807, 2.05) is 12.3 Å². The van der Waals surface area contributed by atoms with Gasteiger partial charge in [0.2, 0.25) is 0 Å². The van der Waals surface area contributed by atoms with E-state index in [0.717, 1.165) is 43.1 Å². The molecule has 3 heterocycles. The first-order chi connectivity index (χ1) is 12.0. The third-order valence-electron chi connectivity index (χ3n) is 4.73. The summed E-state index contributed by atoms with van der Waals surface area (Å²) in [7, 11) is 0. The minimum absolute atomic E-state index is 0.00117. The van der Waals surface area contributed by atoms with Crippen molar-refractivity contribution in [1.82, 2.24) is 19.9 Å². The van der Waals surface area contributed by atoms with Crippen LogP contribution in [0.1, 0.15) is 43.5 Å². The molecule has 0 spiro atoms. The largest absolute Gasteiger partial charge is 0.293 e. The number of hydrogen-bond donors (Lipinski definition) is 0. The normalized spacial score (nSPS) is 15.3. The molecule has 0 fully saturated rings. The van der Waals surface area contributed by atoms with E-state index >= 15 is 0 Å². The van der Waals surface area contributed by atoms with E-state index < -0.39 is 0 Å². The highest BCUT2D eigenvalue weighted by molar-refractivity contribution is 5.78. The van der Waals surface area contributed by atoms with Gasteiger partial charge in [0.1, 0.15) is 5.82 Å². The fourth-order valence-corrected chi connectivity index (χ4v) is 3.30. The van der Waals surface area contributed by atoms with Crippen LogP contribution in [0.5, 0.6) is 0 Å². The molecule has 0 N–H and O–H groups in total. The van der Waals surface area contributed by atoms with Crippen LogP contribution in [0, 0.1) is 0 Å². The Balaban J connectivity index is 1.52. The minimum atomic E-state index is 0.00117. The van der Waals surface area contributed by atoms with E-state index in [1.165, 1.54) is 16.6 Å². The van der Waals surface area contributed by atoms with Gasteiger partial charge in [0, 0.05) is 54.3 Å². The third-order valence-corrected chi connectivity index (χ3v) is 4.73. The van der Waals surface area contributed by atoms with Crippen LogP contribution in [-0.4, -0.2) is 26.4 Å². The molecule has 4 heteroatoms. The molecule has 25 heavy (non-hydrogen) atoms. The molecule has 2 aromatic heterocycles. The van der Waals surface area contributed by atoms with E-state index in [9.17, 15) is 0 Å². The van der Waals surface area contributed by atoms with Crippen LogP contribution in [0.15, 0.2) is 42.6 Å². The molecule has 3 aromatic rings. The Hall–Kier alpha value is -2.33. The minimum Gasteiger partial charge on any atom is -0.293 e. The summed E-state index contributed by atoms with van der Waals surface area (Å²) in [5, 5.41) is 1.19. The first-order valence-electron chi connectivity index (χ1n) is 8.91. The van der Waals surface area contributed by atoms with Crippen LogP contribution in [0.3, 0.4) is 0 Å². The Morgan fingerprint density at radius 2 is 1.88 bits per heavy atom. The Morgan fingerprint density at radius 3 is 2.72 bits per heavy atom. The lowest BCUT2D eigenvalue weighted by atomic mass is 9.95. The molecule has 4 nitrogen and oxygen atoms in total. The van der Waals surface area contributed by atoms with Crippen LogP contribution >= 0.6 is 0 Å². The molecule has 0 bridgehead atoms. The molecule has 128 valence electrons. The fraction of sp³-hybridized carbons (Fsp3) is 0.381. The maximum Gasteiger partial charge on any atom is 0.133 e. The third kappa shape index (κ3) is 3.40. The van der Waals surface area contributed by atoms with Crippen LogP contribution in [0.2, 0.25) is 0 Å². The monoisotopic (exact) mass is 332 g/mol. The molecule has 0 saturated carbocycles. The van der Waals surface area contributed by atoms with E-state index in [2.05, 4.69) is 61.0 Å². The molecular formula is C21H24N4. The Kier molecular flexibility index (Phi) is 4.00. The molecule has 1 aliphatic heterocycles. The van der Waals surface area contributed by atoms with Gasteiger partial charge in [-0.15, -0.1) is 0 Å². The smallest absolute Gasteiger partial charge is 0.133 e. The number of pyridine rings is 1. The number of benzene rings is 1. The van der Waals surface area contributed by atoms with Crippen molar-refractivity contribution in [1.29, 1.82) is 0 Å². The second-order valence-electron chi connectivity index (χ2n) is 7.87. The zero-order chi connectivity index (χ0) is 17.4. The first-order valence-corrected chi connectivity index (χ1v) is 8.91. The van der Waals surface area contributed by atoms with E-state index in [-0.39, 0.29) is 5.41 Å². The number of rotatable bonds is 2. The summed E-state index contributed by atoms with van der Waals surface area (Å²) in [6, 6.07) is 12.6. The van der Waals surface area contributed by atoms with Crippen LogP contribution in [0.4, 0.5) is 0 Å². The topological polar surface area (TPSA) is 41.9 Å². The lowest BCUT2D eigenvalue weighted by Gasteiger charge is -2.28. The molecule has 0 amide bonds. The quantitative estimate of drug-likeness (QED) is 0.714. The van der Waals surface area contributed by atoms with Gasteiger partial charge in [-0.1, -0.05) is 45.0 Å². The van der Waals surface area contributed by atoms with Crippen molar-refractivity contribution >= 4 is 10.9 Å². The van der Waals surface area contributed by atoms with Crippen LogP contribution < -0.4 is 0 Å². The van der Waals surface area contributed by atoms with Gasteiger partial charge in [0.05, 0.1) is 11.2 Å². The van der Waals surface area contributed by atoms with Gasteiger partial charge >= 0.3 is 0 Å². The van der Waals surface area contributed by atoms with E-state index in [4.69, 9.17) is 9.97 Å². The van der Waals surface area contributed by atoms with Crippen molar-refractivity contribution < 1.29 is 0 Å². The molecule has 1 aliphatic rings. The standard InChI is InChI=1S/C21H24N4/c1-21(2,3)20-22-12-16-13-25(11-10-19(16)24-20)14-17-9-8-15-6-4-5-7-18(15)23-17/h4-9,12H,10-11,13-14H2,1-3H3. The predicted octanol–water partition coefficient (Wildman–Crippen LogP) is 3.88. The molecular weight excluding hydrogens is 308 g/mol. The summed E-state index contributed by atoms with van der Waals surface area (Å²) in [5.74, 6) is 0.941. The highest BCUT2D eigenvalue weighted by Gasteiger charge is 2.23. The summed E-state index contributed by atoms with van der Waals surface area (Å²) in [4.78, 5) is 16.6. The fourth-order valence-electron chi connectivity index (χ4n) is 3.30. The molecule has 0 unspecified atom stereocenters. The molecule has 0 aliphatic carbocycles. The number of fused-ring (bicyclic) bond motifs is 2. The molecule has 0 atom stereocenters. The van der Waals surface area contributed by atoms with Crippen LogP contribution in [-0.2, 0) is 24.9 Å². The number of para-hydroxylation sites is 1. The van der Waals surface area contributed by atoms with Crippen molar-refractivity contribution in [3.63, 3.8) is 0 Å². The maximum absolute atomic E-state index is 4.81. The number of nitrogens with zero attached hydrogens (tertiary/aromatic N) is 4. The van der Waals surface area contributed by atoms with Gasteiger partial charge in [-0.3, -0.25) is 9.88 Å². The predicted molar refractivity (Wildman–Crippen MR) is 100 cm³/mol. The van der Waals surface area contributed by atoms with Crippen molar-refractivity contribution in [3.05, 3.63) is 65.4 Å². The highest BCUT2D eigenvalue weighted by Crippen LogP contribution is 2.23. The van der Waals surface area contributed by atoms with Crippen molar-refractivity contribution in [2.24, 2.45) is 0 Å². The first kappa shape index (κ1) is 16.2. The molecule has 0 radical (unpaired) electrons. The van der Waals surface area contributed by atoms with Gasteiger partial charge in [-0.05, 0) is 12.1 Å². The summed E-state index contributed by atoms with van der Waals surface area (Å²) < 4.78 is 0. The van der Waals surface area contributed by atoms with Crippen molar-refractivity contribution in [2.75, 3.05) is 6.54 Å². The summed E-state index contributed by atoms with van der Waals surface area (Å²) >= 11 is 0. The summed E-state index contributed by atoms with van der Waals surface area (Å²) in [5.41, 5.74) is 4.65. The average molecular weight is 332 g/mol. The van der Waals surface area contributed by atoms with Crippen molar-refractivity contribution in [2.45, 2.75) is 45.7 Å².